The van der Waals surface area contributed by atoms with Gasteiger partial charge in [-0.15, -0.1) is 0 Å². The summed E-state index contributed by atoms with van der Waals surface area (Å²) in [5, 5.41) is 9.15. The topological polar surface area (TPSA) is 74.7 Å². The van der Waals surface area contributed by atoms with Crippen molar-refractivity contribution in [3.63, 3.8) is 0 Å². The molecule has 2 aromatic carbocycles. The molecule has 1 saturated heterocycles. The van der Waals surface area contributed by atoms with Gasteiger partial charge in [-0.3, -0.25) is 9.59 Å². The van der Waals surface area contributed by atoms with Crippen molar-refractivity contribution in [3.8, 4) is 11.1 Å². The molecule has 1 fully saturated rings. The fourth-order valence-corrected chi connectivity index (χ4v) is 3.31. The Morgan fingerprint density at radius 3 is 2.23 bits per heavy atom. The molecule has 1 heterocycles. The lowest BCUT2D eigenvalue weighted by atomic mass is 10.0. The number of carbonyl (C=O) groups is 3. The Bertz CT molecular complexity index is 799. The van der Waals surface area contributed by atoms with Crippen molar-refractivity contribution in [2.45, 2.75) is 31.7 Å². The van der Waals surface area contributed by atoms with Crippen LogP contribution in [-0.4, -0.2) is 40.3 Å². The average molecular weight is 351 g/mol. The molecule has 1 N–H and O–H groups in total. The Balaban J connectivity index is 1.58. The smallest absolute Gasteiger partial charge is 0.326 e. The van der Waals surface area contributed by atoms with Gasteiger partial charge in [-0.1, -0.05) is 54.6 Å². The van der Waals surface area contributed by atoms with Crippen molar-refractivity contribution in [1.82, 2.24) is 4.90 Å². The molecule has 1 aliphatic rings. The number of rotatable bonds is 6. The Labute approximate surface area is 152 Å². The number of nitrogens with zero attached hydrogens (tertiary/aromatic N) is 1. The molecule has 5 heteroatoms. The zero-order valence-corrected chi connectivity index (χ0v) is 14.4. The molecule has 1 amide bonds. The molecule has 0 unspecified atom stereocenters. The molecule has 0 bridgehead atoms. The van der Waals surface area contributed by atoms with Crippen LogP contribution in [0.5, 0.6) is 0 Å². The van der Waals surface area contributed by atoms with Crippen molar-refractivity contribution in [2.24, 2.45) is 0 Å². The lowest BCUT2D eigenvalue weighted by Crippen LogP contribution is -2.40. The molecule has 1 aliphatic heterocycles. The summed E-state index contributed by atoms with van der Waals surface area (Å²) in [7, 11) is 0. The Hall–Kier alpha value is -2.95. The highest BCUT2D eigenvalue weighted by atomic mass is 16.4. The van der Waals surface area contributed by atoms with Gasteiger partial charge in [-0.2, -0.15) is 0 Å². The number of amides is 1. The number of carboxylic acid groups (broad SMARTS) is 1. The molecule has 1 atom stereocenters. The molecule has 0 aliphatic carbocycles. The summed E-state index contributed by atoms with van der Waals surface area (Å²) in [6.45, 7) is 0.454. The molecule has 0 radical (unpaired) electrons. The number of carboxylic acids is 1. The van der Waals surface area contributed by atoms with Gasteiger partial charge < -0.3 is 10.0 Å². The second kappa shape index (κ2) is 7.95. The molecule has 26 heavy (non-hydrogen) atoms. The summed E-state index contributed by atoms with van der Waals surface area (Å²) >= 11 is 0. The van der Waals surface area contributed by atoms with E-state index in [1.165, 1.54) is 4.90 Å². The SMILES string of the molecule is O=C(CCC(=O)N1CCC[C@H]1C(=O)O)c1ccc(-c2ccccc2)cc1. The van der Waals surface area contributed by atoms with E-state index in [4.69, 9.17) is 5.11 Å². The van der Waals surface area contributed by atoms with Crippen molar-refractivity contribution in [2.75, 3.05) is 6.54 Å². The lowest BCUT2D eigenvalue weighted by molar-refractivity contribution is -0.148. The van der Waals surface area contributed by atoms with Crippen LogP contribution in [-0.2, 0) is 9.59 Å². The Morgan fingerprint density at radius 2 is 1.58 bits per heavy atom. The highest BCUT2D eigenvalue weighted by molar-refractivity contribution is 5.98. The zero-order valence-electron chi connectivity index (χ0n) is 14.4. The van der Waals surface area contributed by atoms with E-state index in [-0.39, 0.29) is 24.5 Å². The minimum Gasteiger partial charge on any atom is -0.480 e. The predicted octanol–water partition coefficient (Wildman–Crippen LogP) is 3.39. The largest absolute Gasteiger partial charge is 0.480 e. The van der Waals surface area contributed by atoms with Crippen LogP contribution in [0.1, 0.15) is 36.0 Å². The monoisotopic (exact) mass is 351 g/mol. The number of hydrogen-bond acceptors (Lipinski definition) is 3. The van der Waals surface area contributed by atoms with Crippen LogP contribution in [0, 0.1) is 0 Å². The van der Waals surface area contributed by atoms with E-state index in [0.717, 1.165) is 11.1 Å². The summed E-state index contributed by atoms with van der Waals surface area (Å²) in [5.74, 6) is -1.34. The summed E-state index contributed by atoms with van der Waals surface area (Å²) in [6.07, 6.45) is 1.31. The van der Waals surface area contributed by atoms with E-state index in [1.54, 1.807) is 12.1 Å². The predicted molar refractivity (Wildman–Crippen MR) is 97.8 cm³/mol. The van der Waals surface area contributed by atoms with Crippen LogP contribution < -0.4 is 0 Å². The summed E-state index contributed by atoms with van der Waals surface area (Å²) in [4.78, 5) is 37.1. The second-order valence-corrected chi connectivity index (χ2v) is 6.45. The standard InChI is InChI=1S/C21H21NO4/c23-19(12-13-20(24)22-14-4-7-18(22)21(25)26)17-10-8-16(9-11-17)15-5-2-1-3-6-15/h1-3,5-6,8-11,18H,4,7,12-14H2,(H,25,26)/t18-/m0/s1. The fraction of sp³-hybridized carbons (Fsp3) is 0.286. The number of aliphatic carboxylic acids is 1. The highest BCUT2D eigenvalue weighted by Gasteiger charge is 2.33. The Morgan fingerprint density at radius 1 is 0.923 bits per heavy atom. The summed E-state index contributed by atoms with van der Waals surface area (Å²) < 4.78 is 0. The maximum absolute atomic E-state index is 12.3. The van der Waals surface area contributed by atoms with Crippen LogP contribution in [0.25, 0.3) is 11.1 Å². The first-order valence-corrected chi connectivity index (χ1v) is 8.77. The zero-order chi connectivity index (χ0) is 18.5. The molecule has 134 valence electrons. The minimum absolute atomic E-state index is 0.0447. The van der Waals surface area contributed by atoms with E-state index < -0.39 is 12.0 Å². The third-order valence-electron chi connectivity index (χ3n) is 4.74. The third-order valence-corrected chi connectivity index (χ3v) is 4.74. The quantitative estimate of drug-likeness (QED) is 0.810. The van der Waals surface area contributed by atoms with Gasteiger partial charge in [0.2, 0.25) is 5.91 Å². The van der Waals surface area contributed by atoms with Gasteiger partial charge in [0, 0.05) is 24.9 Å². The van der Waals surface area contributed by atoms with E-state index >= 15 is 0 Å². The fourth-order valence-electron chi connectivity index (χ4n) is 3.31. The van der Waals surface area contributed by atoms with E-state index in [1.807, 2.05) is 42.5 Å². The van der Waals surface area contributed by atoms with Crippen molar-refractivity contribution >= 4 is 17.7 Å². The maximum Gasteiger partial charge on any atom is 0.326 e. The van der Waals surface area contributed by atoms with Crippen molar-refractivity contribution < 1.29 is 19.5 Å². The first kappa shape index (κ1) is 17.9. The average Bonchev–Trinajstić information content (AvgIpc) is 3.17. The third kappa shape index (κ3) is 3.99. The van der Waals surface area contributed by atoms with Gasteiger partial charge in [-0.25, -0.2) is 4.79 Å². The van der Waals surface area contributed by atoms with E-state index in [9.17, 15) is 14.4 Å². The van der Waals surface area contributed by atoms with Gasteiger partial charge in [0.05, 0.1) is 0 Å². The molecule has 3 rings (SSSR count). The number of Topliss-reactive ketones (excluding diaryl/α,β-unsaturated/α-hetero) is 1. The maximum atomic E-state index is 12.3. The van der Waals surface area contributed by atoms with Crippen LogP contribution in [0.2, 0.25) is 0 Å². The number of hydrogen-bond donors (Lipinski definition) is 1. The van der Waals surface area contributed by atoms with Crippen LogP contribution in [0.4, 0.5) is 0 Å². The number of likely N-dealkylation sites (tertiary alicyclic amines) is 1. The van der Waals surface area contributed by atoms with E-state index in [0.29, 0.717) is 24.9 Å². The molecule has 0 aromatic heterocycles. The highest BCUT2D eigenvalue weighted by Crippen LogP contribution is 2.21. The molecular weight excluding hydrogens is 330 g/mol. The molecule has 0 saturated carbocycles. The number of benzene rings is 2. The molecule has 0 spiro atoms. The molecule has 2 aromatic rings. The number of ketones is 1. The first-order valence-electron chi connectivity index (χ1n) is 8.77. The van der Waals surface area contributed by atoms with Gasteiger partial charge in [0.15, 0.2) is 5.78 Å². The molecular formula is C21H21NO4. The normalized spacial score (nSPS) is 16.5. The van der Waals surface area contributed by atoms with Crippen molar-refractivity contribution in [3.05, 3.63) is 60.2 Å². The van der Waals surface area contributed by atoms with Crippen LogP contribution in [0.3, 0.4) is 0 Å². The van der Waals surface area contributed by atoms with Gasteiger partial charge in [0.1, 0.15) is 6.04 Å². The van der Waals surface area contributed by atoms with E-state index in [2.05, 4.69) is 0 Å². The first-order chi connectivity index (χ1) is 12.6. The lowest BCUT2D eigenvalue weighted by Gasteiger charge is -2.21. The van der Waals surface area contributed by atoms with Gasteiger partial charge >= 0.3 is 5.97 Å². The van der Waals surface area contributed by atoms with Crippen LogP contribution >= 0.6 is 0 Å². The van der Waals surface area contributed by atoms with Crippen LogP contribution in [0.15, 0.2) is 54.6 Å². The Kier molecular flexibility index (Phi) is 5.46. The van der Waals surface area contributed by atoms with Crippen molar-refractivity contribution in [1.29, 1.82) is 0 Å². The van der Waals surface area contributed by atoms with Gasteiger partial charge in [0.25, 0.3) is 0 Å². The second-order valence-electron chi connectivity index (χ2n) is 6.45. The molecule has 5 nitrogen and oxygen atoms in total. The summed E-state index contributed by atoms with van der Waals surface area (Å²) in [5.41, 5.74) is 2.67. The number of carbonyl (C=O) groups excluding carboxylic acids is 2. The minimum atomic E-state index is -0.973. The van der Waals surface area contributed by atoms with Gasteiger partial charge in [-0.05, 0) is 24.0 Å². The summed E-state index contributed by atoms with van der Waals surface area (Å²) in [6, 6.07) is 16.5.